The Bertz CT molecular complexity index is 533. The lowest BCUT2D eigenvalue weighted by Crippen LogP contribution is -2.39. The summed E-state index contributed by atoms with van der Waals surface area (Å²) in [5.41, 5.74) is 1.93. The molecular weight excluding hydrogens is 280 g/mol. The van der Waals surface area contributed by atoms with Crippen LogP contribution in [0.15, 0.2) is 34.1 Å². The van der Waals surface area contributed by atoms with E-state index in [9.17, 15) is 0 Å². The van der Waals surface area contributed by atoms with Gasteiger partial charge in [0.25, 0.3) is 0 Å². The maximum Gasteiger partial charge on any atom is 0.180 e. The maximum absolute atomic E-state index is 5.09. The smallest absolute Gasteiger partial charge is 0.180 e. The van der Waals surface area contributed by atoms with E-state index in [0.29, 0.717) is 0 Å². The molecule has 2 aromatic rings. The van der Waals surface area contributed by atoms with Gasteiger partial charge in [-0.1, -0.05) is 0 Å². The van der Waals surface area contributed by atoms with Crippen molar-refractivity contribution in [3.05, 3.63) is 36.7 Å². The van der Waals surface area contributed by atoms with Crippen molar-refractivity contribution >= 4 is 0 Å². The van der Waals surface area contributed by atoms with Gasteiger partial charge in [-0.2, -0.15) is 0 Å². The first-order chi connectivity index (χ1) is 10.9. The average Bonchev–Trinajstić information content (AvgIpc) is 3.29. The molecule has 0 unspecified atom stereocenters. The lowest BCUT2D eigenvalue weighted by Gasteiger charge is -2.29. The van der Waals surface area contributed by atoms with Crippen LogP contribution in [0, 0.1) is 5.92 Å². The third-order valence-electron chi connectivity index (χ3n) is 4.96. The second-order valence-electron chi connectivity index (χ2n) is 6.50. The Hall–Kier alpha value is -1.66. The fourth-order valence-electron chi connectivity index (χ4n) is 3.87. The van der Waals surface area contributed by atoms with Crippen LogP contribution in [0.25, 0.3) is 0 Å². The summed E-state index contributed by atoms with van der Waals surface area (Å²) in [5.74, 6) is 0.949. The maximum atomic E-state index is 5.09. The molecule has 1 aliphatic carbocycles. The Balaban J connectivity index is 1.36. The number of oxazole rings is 2. The van der Waals surface area contributed by atoms with E-state index in [1.54, 1.807) is 12.5 Å². The zero-order valence-corrected chi connectivity index (χ0v) is 12.7. The number of likely N-dealkylation sites (tertiary alicyclic amines) is 1. The molecule has 1 aliphatic heterocycles. The molecule has 3 heterocycles. The molecule has 1 saturated carbocycles. The lowest BCUT2D eigenvalue weighted by molar-refractivity contribution is 0.162. The Kier molecular flexibility index (Phi) is 3.95. The van der Waals surface area contributed by atoms with Crippen molar-refractivity contribution in [2.24, 2.45) is 5.92 Å². The van der Waals surface area contributed by atoms with Crippen molar-refractivity contribution in [1.82, 2.24) is 19.8 Å². The summed E-state index contributed by atoms with van der Waals surface area (Å²) in [4.78, 5) is 13.5. The van der Waals surface area contributed by atoms with E-state index in [-0.39, 0.29) is 0 Å². The van der Waals surface area contributed by atoms with E-state index in [1.165, 1.54) is 38.6 Å². The van der Waals surface area contributed by atoms with Gasteiger partial charge in [-0.3, -0.25) is 9.80 Å². The summed E-state index contributed by atoms with van der Waals surface area (Å²) in [6.45, 7) is 4.99. The summed E-state index contributed by atoms with van der Waals surface area (Å²) in [5, 5.41) is 0. The molecular formula is C16H22N4O2. The molecule has 0 spiro atoms. The highest BCUT2D eigenvalue weighted by Crippen LogP contribution is 2.36. The van der Waals surface area contributed by atoms with Crippen LogP contribution in [-0.2, 0) is 13.1 Å². The predicted molar refractivity (Wildman–Crippen MR) is 79.8 cm³/mol. The van der Waals surface area contributed by atoms with Gasteiger partial charge in [0.2, 0.25) is 0 Å². The molecule has 22 heavy (non-hydrogen) atoms. The number of hydrogen-bond donors (Lipinski definition) is 0. The normalized spacial score (nSPS) is 24.6. The van der Waals surface area contributed by atoms with E-state index in [2.05, 4.69) is 19.8 Å². The zero-order chi connectivity index (χ0) is 14.8. The van der Waals surface area contributed by atoms with Crippen LogP contribution in [0.5, 0.6) is 0 Å². The van der Waals surface area contributed by atoms with Gasteiger partial charge < -0.3 is 8.83 Å². The highest BCUT2D eigenvalue weighted by Gasteiger charge is 2.37. The predicted octanol–water partition coefficient (Wildman–Crippen LogP) is 2.15. The van der Waals surface area contributed by atoms with Crippen LogP contribution >= 0.6 is 0 Å². The molecule has 4 rings (SSSR count). The molecule has 118 valence electrons. The molecule has 0 N–H and O–H groups in total. The summed E-state index contributed by atoms with van der Waals surface area (Å²) < 4.78 is 10.2. The number of nitrogens with zero attached hydrogens (tertiary/aromatic N) is 4. The van der Waals surface area contributed by atoms with Gasteiger partial charge in [0.15, 0.2) is 12.8 Å². The fourth-order valence-corrected chi connectivity index (χ4v) is 3.87. The monoisotopic (exact) mass is 302 g/mol. The molecule has 0 amide bonds. The molecule has 2 atom stereocenters. The standard InChI is InChI=1S/C16H22N4O2/c1-2-16-5-13(1)6-20(16)4-3-19(7-14-9-21-11-17-14)8-15-10-22-12-18-15/h9-13,16H,1-8H2/t13-,16+/m0/s1. The largest absolute Gasteiger partial charge is 0.451 e. The number of fused-ring (bicyclic) bond motifs is 2. The second kappa shape index (κ2) is 6.22. The van der Waals surface area contributed by atoms with Crippen molar-refractivity contribution in [2.75, 3.05) is 19.6 Å². The zero-order valence-electron chi connectivity index (χ0n) is 12.7. The minimum atomic E-state index is 0.783. The SMILES string of the molecule is c1nc(CN(CCN2C[C@H]3CC[C@@H]2C3)Cc2cocn2)co1. The number of rotatable bonds is 7. The molecule has 2 aliphatic rings. The quantitative estimate of drug-likeness (QED) is 0.781. The third-order valence-corrected chi connectivity index (χ3v) is 4.96. The van der Waals surface area contributed by atoms with Gasteiger partial charge in [0, 0.05) is 38.8 Å². The first-order valence-corrected chi connectivity index (χ1v) is 8.07. The number of piperidine rings is 1. The Morgan fingerprint density at radius 1 is 1.09 bits per heavy atom. The van der Waals surface area contributed by atoms with Crippen LogP contribution < -0.4 is 0 Å². The molecule has 1 saturated heterocycles. The van der Waals surface area contributed by atoms with Gasteiger partial charge in [0.1, 0.15) is 12.5 Å². The highest BCUT2D eigenvalue weighted by atomic mass is 16.3. The van der Waals surface area contributed by atoms with Crippen molar-refractivity contribution in [2.45, 2.75) is 38.4 Å². The minimum Gasteiger partial charge on any atom is -0.451 e. The van der Waals surface area contributed by atoms with Crippen molar-refractivity contribution in [3.8, 4) is 0 Å². The van der Waals surface area contributed by atoms with E-state index in [0.717, 1.165) is 49.5 Å². The van der Waals surface area contributed by atoms with Crippen molar-refractivity contribution in [1.29, 1.82) is 0 Å². The molecule has 6 nitrogen and oxygen atoms in total. The number of aromatic nitrogens is 2. The minimum absolute atomic E-state index is 0.783. The van der Waals surface area contributed by atoms with Crippen molar-refractivity contribution in [3.63, 3.8) is 0 Å². The average molecular weight is 302 g/mol. The van der Waals surface area contributed by atoms with E-state index in [1.807, 2.05) is 0 Å². The van der Waals surface area contributed by atoms with Crippen LogP contribution in [0.3, 0.4) is 0 Å². The van der Waals surface area contributed by atoms with Gasteiger partial charge in [-0.05, 0) is 25.2 Å². The summed E-state index contributed by atoms with van der Waals surface area (Å²) in [7, 11) is 0. The molecule has 2 fully saturated rings. The van der Waals surface area contributed by atoms with E-state index < -0.39 is 0 Å². The second-order valence-corrected chi connectivity index (χ2v) is 6.50. The summed E-state index contributed by atoms with van der Waals surface area (Å²) in [6.07, 6.45) is 10.6. The van der Waals surface area contributed by atoms with Gasteiger partial charge in [0.05, 0.1) is 11.4 Å². The summed E-state index contributed by atoms with van der Waals surface area (Å²) in [6, 6.07) is 0.825. The molecule has 6 heteroatoms. The van der Waals surface area contributed by atoms with Crippen LogP contribution in [0.4, 0.5) is 0 Å². The van der Waals surface area contributed by atoms with Gasteiger partial charge in [-0.15, -0.1) is 0 Å². The lowest BCUT2D eigenvalue weighted by atomic mass is 10.1. The fraction of sp³-hybridized carbons (Fsp3) is 0.625. The van der Waals surface area contributed by atoms with E-state index in [4.69, 9.17) is 8.83 Å². The first kappa shape index (κ1) is 14.0. The van der Waals surface area contributed by atoms with Crippen LogP contribution in [0.2, 0.25) is 0 Å². The van der Waals surface area contributed by atoms with Gasteiger partial charge >= 0.3 is 0 Å². The Morgan fingerprint density at radius 2 is 1.82 bits per heavy atom. The molecule has 0 radical (unpaired) electrons. The first-order valence-electron chi connectivity index (χ1n) is 8.07. The summed E-state index contributed by atoms with van der Waals surface area (Å²) >= 11 is 0. The van der Waals surface area contributed by atoms with Crippen molar-refractivity contribution < 1.29 is 8.83 Å². The topological polar surface area (TPSA) is 58.5 Å². The molecule has 0 aromatic carbocycles. The number of hydrogen-bond acceptors (Lipinski definition) is 6. The molecule has 2 aromatic heterocycles. The Morgan fingerprint density at radius 3 is 2.32 bits per heavy atom. The van der Waals surface area contributed by atoms with Crippen LogP contribution in [-0.4, -0.2) is 45.4 Å². The van der Waals surface area contributed by atoms with E-state index >= 15 is 0 Å². The van der Waals surface area contributed by atoms with Gasteiger partial charge in [-0.25, -0.2) is 9.97 Å². The van der Waals surface area contributed by atoms with Crippen LogP contribution in [0.1, 0.15) is 30.7 Å². The molecule has 2 bridgehead atoms. The Labute approximate surface area is 130 Å². The highest BCUT2D eigenvalue weighted by molar-refractivity contribution is 4.96. The third kappa shape index (κ3) is 3.08.